The molecule has 2 saturated carbocycles. The largest absolute Gasteiger partial charge is 0.303 e. The van der Waals surface area contributed by atoms with Gasteiger partial charge in [-0.1, -0.05) is 93.2 Å². The Bertz CT molecular complexity index is 4380. The fourth-order valence-corrected chi connectivity index (χ4v) is 14.1. The summed E-state index contributed by atoms with van der Waals surface area (Å²) in [5.41, 5.74) is 16.2. The van der Waals surface area contributed by atoms with Gasteiger partial charge in [-0.05, 0) is 136 Å². The van der Waals surface area contributed by atoms with Crippen molar-refractivity contribution in [3.05, 3.63) is 207 Å². The second-order valence-electron chi connectivity index (χ2n) is 22.3. The van der Waals surface area contributed by atoms with Crippen LogP contribution in [0.25, 0.3) is 44.8 Å². The topological polar surface area (TPSA) is 164 Å². The lowest BCUT2D eigenvalue weighted by atomic mass is 9.87. The summed E-state index contributed by atoms with van der Waals surface area (Å²) in [6.07, 6.45) is 11.9. The number of fused-ring (bicyclic) bond motifs is 8. The molecule has 8 heterocycles. The molecule has 0 N–H and O–H groups in total. The Labute approximate surface area is 481 Å². The molecule has 0 bridgehead atoms. The first-order valence-electron chi connectivity index (χ1n) is 27.1. The van der Waals surface area contributed by atoms with Gasteiger partial charge in [0.15, 0.2) is 10.3 Å². The number of carbonyl (C=O) groups excluding carboxylic acids is 2. The van der Waals surface area contributed by atoms with Gasteiger partial charge >= 0.3 is 0 Å². The minimum atomic E-state index is -0.489. The molecule has 2 fully saturated rings. The SMILES string of the molecule is O=C1CCc2cc(C3=C(F)N=C([C@@H]4[C@H]5C[C@H]5c5cc(-c6cc(Cl)ccc6-n6cc(Cl)nn6)cc(=O)n54)C3)ccc2C1.O=C1CCc2cc(C3=CN=C([C@@H]4[C@H]5C[C@H]5c5cc(-c6cc(Cl)ccc6-n6cc(Cl)nn6)cc(=O)n54)C3)ccc2C1. The number of ketones is 2. The van der Waals surface area contributed by atoms with Gasteiger partial charge in [-0.25, -0.2) is 14.4 Å². The van der Waals surface area contributed by atoms with Crippen molar-refractivity contribution in [1.82, 2.24) is 39.1 Å². The number of carbonyl (C=O) groups is 2. The van der Waals surface area contributed by atoms with Gasteiger partial charge in [0.25, 0.3) is 11.1 Å². The van der Waals surface area contributed by atoms with E-state index in [2.05, 4.69) is 49.9 Å². The quantitative estimate of drug-likeness (QED) is 0.136. The lowest BCUT2D eigenvalue weighted by molar-refractivity contribution is -0.119. The molecule has 8 aromatic rings. The number of Topliss-reactive ketones (excluding diaryl/α,β-unsaturated/α-hetero) is 2. The first-order valence-corrected chi connectivity index (χ1v) is 28.6. The van der Waals surface area contributed by atoms with Crippen LogP contribution in [-0.4, -0.2) is 62.1 Å². The summed E-state index contributed by atoms with van der Waals surface area (Å²) in [5.74, 6) is 1.22. The van der Waals surface area contributed by atoms with Crippen LogP contribution in [0.3, 0.4) is 0 Å². The standard InChI is InChI=1S/C31H22Cl2FN5O2.C31H23Cl2N5O2/c32-19-4-6-26(38-14-28(33)36-37-38)21(11-19)18-9-27-23-12-24(23)30(39(27)29(41)10-18)25-13-22(31(34)35-25)17-2-1-16-8-20(40)5-3-15(16)7-17;32-21-4-6-27(37-15-29(33)35-36-37)23(12-21)19-10-28-24-13-25(24)31(38(28)30(40)11-19)26-9-20(14-34-26)17-1-2-18-8-22(39)5-3-16(18)7-17/h1-2,4,6-7,9-11,14,23-24,30H,3,5,8,12-13H2;1-2,4,6-7,10-12,14-15,24-25,31H,3,5,8-9,13H2/t23-,24+,30+;24-,25+,31+/m11/s1. The maximum atomic E-state index is 15.3. The highest BCUT2D eigenvalue weighted by Crippen LogP contribution is 2.62. The maximum absolute atomic E-state index is 15.3. The molecule has 0 radical (unpaired) electrons. The Morgan fingerprint density at radius 2 is 1.02 bits per heavy atom. The van der Waals surface area contributed by atoms with Crippen molar-refractivity contribution in [3.8, 4) is 33.6 Å². The molecule has 402 valence electrons. The minimum absolute atomic E-state index is 0.0292. The van der Waals surface area contributed by atoms with Crippen molar-refractivity contribution in [1.29, 1.82) is 0 Å². The summed E-state index contributed by atoms with van der Waals surface area (Å²) < 4.78 is 22.2. The van der Waals surface area contributed by atoms with Crippen LogP contribution in [0.4, 0.5) is 4.39 Å². The van der Waals surface area contributed by atoms with Crippen LogP contribution in [-0.2, 0) is 35.3 Å². The predicted molar refractivity (Wildman–Crippen MR) is 309 cm³/mol. The third-order valence-electron chi connectivity index (χ3n) is 17.5. The smallest absolute Gasteiger partial charge is 0.251 e. The van der Waals surface area contributed by atoms with Gasteiger partial charge in [0.2, 0.25) is 5.95 Å². The number of hydrogen-bond acceptors (Lipinski definition) is 10. The molecule has 14 nitrogen and oxygen atoms in total. The van der Waals surface area contributed by atoms with Crippen LogP contribution >= 0.6 is 46.4 Å². The third kappa shape index (κ3) is 8.82. The molecule has 81 heavy (non-hydrogen) atoms. The number of pyridine rings is 2. The van der Waals surface area contributed by atoms with E-state index in [1.807, 2.05) is 53.2 Å². The molecule has 0 saturated heterocycles. The molecule has 4 aromatic heterocycles. The monoisotopic (exact) mass is 1150 g/mol. The van der Waals surface area contributed by atoms with Gasteiger partial charge in [0.1, 0.15) is 11.6 Å². The van der Waals surface area contributed by atoms with Crippen molar-refractivity contribution in [2.24, 2.45) is 21.8 Å². The molecule has 4 aromatic carbocycles. The second-order valence-corrected chi connectivity index (χ2v) is 24.0. The Hall–Kier alpha value is -7.69. The number of nitrogens with zero attached hydrogens (tertiary/aromatic N) is 10. The van der Waals surface area contributed by atoms with Crippen LogP contribution in [0, 0.1) is 11.8 Å². The molecule has 16 rings (SSSR count). The van der Waals surface area contributed by atoms with E-state index in [4.69, 9.17) is 51.4 Å². The van der Waals surface area contributed by atoms with Crippen LogP contribution in [0.2, 0.25) is 20.4 Å². The zero-order chi connectivity index (χ0) is 55.1. The normalized spacial score (nSPS) is 22.5. The van der Waals surface area contributed by atoms with Crippen molar-refractivity contribution in [2.45, 2.75) is 88.1 Å². The number of hydrogen-bond donors (Lipinski definition) is 0. The average molecular weight is 1150 g/mol. The highest BCUT2D eigenvalue weighted by molar-refractivity contribution is 6.31. The summed E-state index contributed by atoms with van der Waals surface area (Å²) in [4.78, 5) is 60.3. The summed E-state index contributed by atoms with van der Waals surface area (Å²) in [6, 6.07) is 30.2. The number of halogens is 5. The second kappa shape index (κ2) is 19.2. The van der Waals surface area contributed by atoms with Crippen molar-refractivity contribution >= 4 is 80.5 Å². The van der Waals surface area contributed by atoms with E-state index < -0.39 is 5.95 Å². The average Bonchev–Trinajstić information content (AvgIpc) is 3.30. The van der Waals surface area contributed by atoms with Gasteiger partial charge in [0.05, 0.1) is 35.9 Å². The first-order chi connectivity index (χ1) is 39.3. The van der Waals surface area contributed by atoms with E-state index in [9.17, 15) is 19.2 Å². The van der Waals surface area contributed by atoms with E-state index in [-0.39, 0.29) is 51.1 Å². The Morgan fingerprint density at radius 1 is 0.506 bits per heavy atom. The zero-order valence-electron chi connectivity index (χ0n) is 43.0. The first kappa shape index (κ1) is 50.3. The van der Waals surface area contributed by atoms with Crippen LogP contribution < -0.4 is 11.1 Å². The van der Waals surface area contributed by atoms with Crippen LogP contribution in [0.1, 0.15) is 107 Å². The van der Waals surface area contributed by atoms with Crippen molar-refractivity contribution in [2.75, 3.05) is 0 Å². The number of aromatic nitrogens is 8. The molecule has 8 aliphatic rings. The molecule has 0 unspecified atom stereocenters. The fraction of sp³-hybridized carbons (Fsp3) is 0.258. The van der Waals surface area contributed by atoms with E-state index in [1.165, 1.54) is 11.1 Å². The van der Waals surface area contributed by atoms with Crippen molar-refractivity contribution < 1.29 is 14.0 Å². The Morgan fingerprint density at radius 3 is 1.56 bits per heavy atom. The number of aryl methyl sites for hydroxylation is 2. The molecule has 0 amide bonds. The van der Waals surface area contributed by atoms with Crippen LogP contribution in [0.15, 0.2) is 141 Å². The lowest BCUT2D eigenvalue weighted by Gasteiger charge is -2.20. The van der Waals surface area contributed by atoms with Gasteiger partial charge in [0, 0.05) is 118 Å². The summed E-state index contributed by atoms with van der Waals surface area (Å²) >= 11 is 24.8. The molecule has 19 heteroatoms. The molecular weight excluding hydrogens is 1110 g/mol. The Balaban J connectivity index is 0.000000139. The van der Waals surface area contributed by atoms with E-state index in [0.29, 0.717) is 83.2 Å². The van der Waals surface area contributed by atoms with E-state index in [1.54, 1.807) is 56.7 Å². The van der Waals surface area contributed by atoms with E-state index in [0.717, 1.165) is 98.5 Å². The predicted octanol–water partition coefficient (Wildman–Crippen LogP) is 12.3. The highest BCUT2D eigenvalue weighted by Gasteiger charge is 2.56. The highest BCUT2D eigenvalue weighted by atomic mass is 35.5. The lowest BCUT2D eigenvalue weighted by Crippen LogP contribution is -2.29. The van der Waals surface area contributed by atoms with Crippen LogP contribution in [0.5, 0.6) is 0 Å². The van der Waals surface area contributed by atoms with Crippen molar-refractivity contribution in [3.63, 3.8) is 0 Å². The summed E-state index contributed by atoms with van der Waals surface area (Å²) in [5, 5.41) is 17.6. The number of aliphatic imine (C=N–C) groups is 2. The molecule has 4 aliphatic carbocycles. The minimum Gasteiger partial charge on any atom is -0.303 e. The third-order valence-corrected chi connectivity index (χ3v) is 18.3. The molecule has 6 atom stereocenters. The summed E-state index contributed by atoms with van der Waals surface area (Å²) in [7, 11) is 0. The van der Waals surface area contributed by atoms with Gasteiger partial charge in [-0.2, -0.15) is 4.39 Å². The molecule has 4 aliphatic heterocycles. The number of allylic oxidation sites excluding steroid dienone is 2. The van der Waals surface area contributed by atoms with Gasteiger partial charge in [-0.3, -0.25) is 24.2 Å². The molecule has 0 spiro atoms. The fourth-order valence-electron chi connectivity index (χ4n) is 13.5. The summed E-state index contributed by atoms with van der Waals surface area (Å²) in [6.45, 7) is 0. The number of benzene rings is 4. The number of rotatable bonds is 8. The van der Waals surface area contributed by atoms with Gasteiger partial charge < -0.3 is 9.13 Å². The molecular formula is C62H45Cl4FN10O4. The Kier molecular flexibility index (Phi) is 11.9. The van der Waals surface area contributed by atoms with E-state index >= 15 is 4.39 Å². The zero-order valence-corrected chi connectivity index (χ0v) is 46.0. The maximum Gasteiger partial charge on any atom is 0.251 e. The van der Waals surface area contributed by atoms with Gasteiger partial charge in [-0.15, -0.1) is 10.2 Å².